The Kier molecular flexibility index (Phi) is 1.62. The molecule has 0 amide bonds. The number of ether oxygens (including phenoxy) is 1. The predicted octanol–water partition coefficient (Wildman–Crippen LogP) is 0.233. The molecule has 0 N–H and O–H groups in total. The molecule has 0 spiro atoms. The van der Waals surface area contributed by atoms with Crippen LogP contribution in [0, 0.1) is 0 Å². The molecule has 0 atom stereocenters. The SMILES string of the molecule is COc1ccc2c(c1)=NC(=S)N=2. The first kappa shape index (κ1) is 7.36. The molecule has 0 unspecified atom stereocenters. The van der Waals surface area contributed by atoms with E-state index < -0.39 is 0 Å². The fraction of sp³-hybridized carbons (Fsp3) is 0.125. The van der Waals surface area contributed by atoms with Gasteiger partial charge in [0.25, 0.3) is 0 Å². The van der Waals surface area contributed by atoms with Gasteiger partial charge in [0.05, 0.1) is 17.8 Å². The molecule has 0 saturated heterocycles. The number of thiocarbonyl (C=S) groups is 1. The molecule has 3 nitrogen and oxygen atoms in total. The molecule has 0 aliphatic carbocycles. The zero-order valence-electron chi connectivity index (χ0n) is 6.44. The van der Waals surface area contributed by atoms with Crippen LogP contribution in [0.4, 0.5) is 0 Å². The monoisotopic (exact) mass is 178 g/mol. The second-order valence-corrected chi connectivity index (χ2v) is 2.73. The zero-order valence-corrected chi connectivity index (χ0v) is 7.26. The Morgan fingerprint density at radius 1 is 1.25 bits per heavy atom. The molecular weight excluding hydrogens is 172 g/mol. The van der Waals surface area contributed by atoms with Crippen molar-refractivity contribution in [3.05, 3.63) is 28.9 Å². The summed E-state index contributed by atoms with van der Waals surface area (Å²) in [5.41, 5.74) is 0. The van der Waals surface area contributed by atoms with Gasteiger partial charge in [-0.1, -0.05) is 0 Å². The second kappa shape index (κ2) is 2.64. The van der Waals surface area contributed by atoms with Gasteiger partial charge in [0, 0.05) is 6.07 Å². The van der Waals surface area contributed by atoms with Crippen molar-refractivity contribution in [1.82, 2.24) is 0 Å². The molecule has 1 aromatic carbocycles. The fourth-order valence-electron chi connectivity index (χ4n) is 1.05. The van der Waals surface area contributed by atoms with Gasteiger partial charge in [-0.2, -0.15) is 0 Å². The standard InChI is InChI=1S/C8H6N2OS/c1-11-5-2-3-6-7(4-5)10-8(12)9-6/h2-4H,1H3. The highest BCUT2D eigenvalue weighted by molar-refractivity contribution is 7.80. The van der Waals surface area contributed by atoms with Crippen LogP contribution in [0.5, 0.6) is 5.75 Å². The van der Waals surface area contributed by atoms with Crippen LogP contribution < -0.4 is 15.5 Å². The minimum atomic E-state index is 0.387. The van der Waals surface area contributed by atoms with Crippen LogP contribution in [0.25, 0.3) is 0 Å². The molecule has 0 aromatic heterocycles. The minimum Gasteiger partial charge on any atom is -0.497 e. The van der Waals surface area contributed by atoms with Gasteiger partial charge >= 0.3 is 0 Å². The molecule has 2 rings (SSSR count). The van der Waals surface area contributed by atoms with E-state index in [2.05, 4.69) is 9.98 Å². The fourth-order valence-corrected chi connectivity index (χ4v) is 1.24. The summed E-state index contributed by atoms with van der Waals surface area (Å²) in [6.45, 7) is 0. The number of hydrogen-bond donors (Lipinski definition) is 0. The van der Waals surface area contributed by atoms with E-state index in [1.165, 1.54) is 0 Å². The highest BCUT2D eigenvalue weighted by Gasteiger charge is 2.01. The van der Waals surface area contributed by atoms with Gasteiger partial charge in [-0.05, 0) is 24.4 Å². The summed E-state index contributed by atoms with van der Waals surface area (Å²) in [7, 11) is 1.62. The maximum Gasteiger partial charge on any atom is 0.220 e. The van der Waals surface area contributed by atoms with Crippen molar-refractivity contribution in [1.29, 1.82) is 0 Å². The van der Waals surface area contributed by atoms with Crippen molar-refractivity contribution in [2.75, 3.05) is 7.11 Å². The molecule has 60 valence electrons. The lowest BCUT2D eigenvalue weighted by atomic mass is 10.3. The highest BCUT2D eigenvalue weighted by Crippen LogP contribution is 2.02. The normalized spacial score (nSPS) is 13.2. The largest absolute Gasteiger partial charge is 0.497 e. The van der Waals surface area contributed by atoms with Crippen molar-refractivity contribution in [3.63, 3.8) is 0 Å². The van der Waals surface area contributed by atoms with Crippen molar-refractivity contribution >= 4 is 17.3 Å². The van der Waals surface area contributed by atoms with Crippen LogP contribution >= 0.6 is 12.2 Å². The summed E-state index contributed by atoms with van der Waals surface area (Å²) in [4.78, 5) is 8.08. The molecule has 1 aliphatic rings. The Bertz CT molecular complexity index is 453. The van der Waals surface area contributed by atoms with Gasteiger partial charge < -0.3 is 4.74 Å². The number of benzene rings is 1. The molecule has 0 radical (unpaired) electrons. The van der Waals surface area contributed by atoms with E-state index in [-0.39, 0.29) is 0 Å². The first-order valence-corrected chi connectivity index (χ1v) is 3.86. The summed E-state index contributed by atoms with van der Waals surface area (Å²) >= 11 is 4.83. The molecule has 12 heavy (non-hydrogen) atoms. The smallest absolute Gasteiger partial charge is 0.220 e. The highest BCUT2D eigenvalue weighted by atomic mass is 32.1. The van der Waals surface area contributed by atoms with E-state index >= 15 is 0 Å². The lowest BCUT2D eigenvalue weighted by Gasteiger charge is -1.94. The van der Waals surface area contributed by atoms with Gasteiger partial charge in [0.2, 0.25) is 5.11 Å². The number of hydrogen-bond acceptors (Lipinski definition) is 2. The molecule has 4 heteroatoms. The zero-order chi connectivity index (χ0) is 8.55. The van der Waals surface area contributed by atoms with Crippen LogP contribution in [0.15, 0.2) is 28.2 Å². The van der Waals surface area contributed by atoms with Crippen LogP contribution in [-0.4, -0.2) is 12.2 Å². The predicted molar refractivity (Wildman–Crippen MR) is 47.9 cm³/mol. The maximum atomic E-state index is 5.03. The lowest BCUT2D eigenvalue weighted by Crippen LogP contribution is -2.20. The van der Waals surface area contributed by atoms with E-state index in [9.17, 15) is 0 Å². The van der Waals surface area contributed by atoms with Gasteiger partial charge in [-0.25, -0.2) is 9.98 Å². The first-order valence-electron chi connectivity index (χ1n) is 3.45. The van der Waals surface area contributed by atoms with Crippen LogP contribution in [0.3, 0.4) is 0 Å². The van der Waals surface area contributed by atoms with E-state index in [0.29, 0.717) is 5.11 Å². The van der Waals surface area contributed by atoms with Crippen LogP contribution in [-0.2, 0) is 0 Å². The first-order chi connectivity index (χ1) is 5.79. The quantitative estimate of drug-likeness (QED) is 0.577. The molecule has 0 fully saturated rings. The summed E-state index contributed by atoms with van der Waals surface area (Å²) in [6, 6.07) is 5.50. The molecule has 0 saturated carbocycles. The molecule has 1 aliphatic heterocycles. The van der Waals surface area contributed by atoms with Gasteiger partial charge in [0.1, 0.15) is 5.75 Å². The summed E-state index contributed by atoms with van der Waals surface area (Å²) in [5, 5.41) is 2.00. The van der Waals surface area contributed by atoms with Crippen molar-refractivity contribution in [2.24, 2.45) is 9.98 Å². The number of rotatable bonds is 1. The van der Waals surface area contributed by atoms with Gasteiger partial charge in [0.15, 0.2) is 0 Å². The average Bonchev–Trinajstić information content (AvgIpc) is 2.43. The minimum absolute atomic E-state index is 0.387. The third-order valence-corrected chi connectivity index (χ3v) is 1.80. The van der Waals surface area contributed by atoms with Gasteiger partial charge in [-0.15, -0.1) is 0 Å². The maximum absolute atomic E-state index is 5.03. The average molecular weight is 178 g/mol. The van der Waals surface area contributed by atoms with Crippen molar-refractivity contribution in [2.45, 2.75) is 0 Å². The number of nitrogens with zero attached hydrogens (tertiary/aromatic N) is 2. The van der Waals surface area contributed by atoms with Crippen LogP contribution in [0.2, 0.25) is 0 Å². The Morgan fingerprint density at radius 3 is 2.75 bits per heavy atom. The second-order valence-electron chi connectivity index (χ2n) is 2.36. The summed E-state index contributed by atoms with van der Waals surface area (Å²) in [5.74, 6) is 0.775. The van der Waals surface area contributed by atoms with Crippen molar-refractivity contribution in [3.8, 4) is 5.75 Å². The molecule has 0 bridgehead atoms. The Labute approximate surface area is 74.4 Å². The number of fused-ring (bicyclic) bond motifs is 1. The third-order valence-electron chi connectivity index (χ3n) is 1.61. The Hall–Kier alpha value is -1.29. The summed E-state index contributed by atoms with van der Waals surface area (Å²) < 4.78 is 5.03. The van der Waals surface area contributed by atoms with Gasteiger partial charge in [-0.3, -0.25) is 0 Å². The van der Waals surface area contributed by atoms with Crippen molar-refractivity contribution < 1.29 is 4.74 Å². The molecule has 1 heterocycles. The summed E-state index contributed by atoms with van der Waals surface area (Å²) in [6.07, 6.45) is 0. The third kappa shape index (κ3) is 1.10. The molecule has 1 aromatic rings. The Morgan fingerprint density at radius 2 is 2.00 bits per heavy atom. The van der Waals surface area contributed by atoms with E-state index in [4.69, 9.17) is 17.0 Å². The van der Waals surface area contributed by atoms with E-state index in [1.54, 1.807) is 7.11 Å². The van der Waals surface area contributed by atoms with Crippen LogP contribution in [0.1, 0.15) is 0 Å². The lowest BCUT2D eigenvalue weighted by molar-refractivity contribution is 0.414. The number of methoxy groups -OCH3 is 1. The topological polar surface area (TPSA) is 34.0 Å². The Balaban J connectivity index is 2.72. The van der Waals surface area contributed by atoms with E-state index in [1.807, 2.05) is 18.2 Å². The molecular formula is C8H6N2OS. The van der Waals surface area contributed by atoms with E-state index in [0.717, 1.165) is 16.5 Å².